The van der Waals surface area contributed by atoms with Gasteiger partial charge in [-0.3, -0.25) is 4.79 Å². The first-order chi connectivity index (χ1) is 9.86. The molecule has 0 aliphatic carbocycles. The molecular formula is C17H24N2O2. The van der Waals surface area contributed by atoms with E-state index in [4.69, 9.17) is 4.74 Å². The summed E-state index contributed by atoms with van der Waals surface area (Å²) >= 11 is 0. The molecule has 2 atom stereocenters. The van der Waals surface area contributed by atoms with E-state index in [1.54, 1.807) is 0 Å². The van der Waals surface area contributed by atoms with E-state index in [-0.39, 0.29) is 23.4 Å². The topological polar surface area (TPSA) is 50.7 Å². The summed E-state index contributed by atoms with van der Waals surface area (Å²) < 4.78 is 5.76. The van der Waals surface area contributed by atoms with Gasteiger partial charge in [-0.05, 0) is 17.4 Å². The van der Waals surface area contributed by atoms with Crippen LogP contribution in [0.3, 0.4) is 0 Å². The maximum atomic E-state index is 11.4. The lowest BCUT2D eigenvalue weighted by Crippen LogP contribution is -2.48. The van der Waals surface area contributed by atoms with Gasteiger partial charge in [0.2, 0.25) is 11.8 Å². The zero-order chi connectivity index (χ0) is 15.5. The van der Waals surface area contributed by atoms with Crippen LogP contribution in [0.2, 0.25) is 0 Å². The molecule has 21 heavy (non-hydrogen) atoms. The predicted molar refractivity (Wildman–Crippen MR) is 84.4 cm³/mol. The lowest BCUT2D eigenvalue weighted by Gasteiger charge is -2.30. The molecule has 1 aliphatic heterocycles. The Morgan fingerprint density at radius 1 is 1.38 bits per heavy atom. The second-order valence-electron chi connectivity index (χ2n) is 6.62. The third-order valence-electron chi connectivity index (χ3n) is 3.51. The average Bonchev–Trinajstić information content (AvgIpc) is 2.84. The van der Waals surface area contributed by atoms with Crippen LogP contribution in [-0.4, -0.2) is 30.5 Å². The van der Waals surface area contributed by atoms with Crippen molar-refractivity contribution >= 4 is 11.8 Å². The van der Waals surface area contributed by atoms with Crippen LogP contribution in [-0.2, 0) is 16.0 Å². The number of ether oxygens (including phenoxy) is 1. The number of carbonyl (C=O) groups excluding carboxylic acids is 1. The fraction of sp³-hybridized carbons (Fsp3) is 0.529. The van der Waals surface area contributed by atoms with Gasteiger partial charge < -0.3 is 10.1 Å². The van der Waals surface area contributed by atoms with Crippen molar-refractivity contribution in [2.75, 3.05) is 6.61 Å². The largest absolute Gasteiger partial charge is 0.477 e. The zero-order valence-electron chi connectivity index (χ0n) is 13.2. The molecule has 0 spiro atoms. The number of benzene rings is 1. The molecule has 1 aromatic carbocycles. The molecule has 4 nitrogen and oxygen atoms in total. The first-order valence-electron chi connectivity index (χ1n) is 7.38. The molecule has 0 aromatic heterocycles. The molecular weight excluding hydrogens is 264 g/mol. The number of carbonyl (C=O) groups is 1. The van der Waals surface area contributed by atoms with Crippen molar-refractivity contribution in [3.8, 4) is 0 Å². The van der Waals surface area contributed by atoms with E-state index in [0.29, 0.717) is 12.5 Å². The van der Waals surface area contributed by atoms with Crippen LogP contribution >= 0.6 is 0 Å². The molecule has 114 valence electrons. The molecule has 1 heterocycles. The summed E-state index contributed by atoms with van der Waals surface area (Å²) in [4.78, 5) is 16.1. The fourth-order valence-electron chi connectivity index (χ4n) is 2.44. The molecule has 1 aliphatic rings. The van der Waals surface area contributed by atoms with Gasteiger partial charge >= 0.3 is 0 Å². The highest BCUT2D eigenvalue weighted by molar-refractivity contribution is 5.88. The maximum Gasteiger partial charge on any atom is 0.217 e. The van der Waals surface area contributed by atoms with Crippen LogP contribution < -0.4 is 5.32 Å². The van der Waals surface area contributed by atoms with Gasteiger partial charge in [0.25, 0.3) is 0 Å². The van der Waals surface area contributed by atoms with Gasteiger partial charge in [-0.2, -0.15) is 0 Å². The van der Waals surface area contributed by atoms with Gasteiger partial charge in [0, 0.05) is 6.92 Å². The third kappa shape index (κ3) is 4.31. The molecule has 0 saturated heterocycles. The molecule has 0 fully saturated rings. The number of amides is 1. The second-order valence-corrected chi connectivity index (χ2v) is 6.62. The Labute approximate surface area is 126 Å². The molecule has 1 amide bonds. The summed E-state index contributed by atoms with van der Waals surface area (Å²) in [7, 11) is 0. The zero-order valence-corrected chi connectivity index (χ0v) is 13.2. The van der Waals surface area contributed by atoms with Crippen LogP contribution in [0.5, 0.6) is 0 Å². The number of aliphatic imine (C=N–C) groups is 1. The summed E-state index contributed by atoms with van der Waals surface area (Å²) in [6, 6.07) is 10.2. The van der Waals surface area contributed by atoms with E-state index in [1.165, 1.54) is 12.5 Å². The van der Waals surface area contributed by atoms with Gasteiger partial charge in [-0.15, -0.1) is 0 Å². The normalized spacial score (nSPS) is 19.6. The summed E-state index contributed by atoms with van der Waals surface area (Å²) in [6.45, 7) is 8.32. The van der Waals surface area contributed by atoms with E-state index >= 15 is 0 Å². The van der Waals surface area contributed by atoms with Gasteiger partial charge in [-0.25, -0.2) is 4.99 Å². The van der Waals surface area contributed by atoms with Crippen molar-refractivity contribution in [2.24, 2.45) is 10.4 Å². The quantitative estimate of drug-likeness (QED) is 0.925. The highest BCUT2D eigenvalue weighted by atomic mass is 16.5. The summed E-state index contributed by atoms with van der Waals surface area (Å²) in [6.07, 6.45) is 0.862. The summed E-state index contributed by atoms with van der Waals surface area (Å²) in [5.74, 6) is 0.589. The lowest BCUT2D eigenvalue weighted by molar-refractivity contribution is -0.119. The van der Waals surface area contributed by atoms with Crippen LogP contribution in [0, 0.1) is 5.41 Å². The average molecular weight is 288 g/mol. The lowest BCUT2D eigenvalue weighted by atomic mass is 9.86. The van der Waals surface area contributed by atoms with E-state index < -0.39 is 0 Å². The van der Waals surface area contributed by atoms with E-state index in [2.05, 4.69) is 43.2 Å². The number of nitrogens with one attached hydrogen (secondary N) is 1. The first kappa shape index (κ1) is 15.5. The van der Waals surface area contributed by atoms with Gasteiger partial charge in [-0.1, -0.05) is 51.1 Å². The number of hydrogen-bond donors (Lipinski definition) is 1. The van der Waals surface area contributed by atoms with E-state index in [9.17, 15) is 4.79 Å². The monoisotopic (exact) mass is 288 g/mol. The van der Waals surface area contributed by atoms with Gasteiger partial charge in [0.15, 0.2) is 0 Å². The standard InChI is InChI=1S/C17H24N2O2/c1-12(20)18-15(17(2,3)4)16-19-14(11-21-16)10-13-8-6-5-7-9-13/h5-9,14-15H,10-11H2,1-4H3,(H,18,20)/t14-,15-/m1/s1. The highest BCUT2D eigenvalue weighted by Gasteiger charge is 2.35. The van der Waals surface area contributed by atoms with Crippen LogP contribution in [0.1, 0.15) is 33.3 Å². The molecule has 0 unspecified atom stereocenters. The fourth-order valence-corrected chi connectivity index (χ4v) is 2.44. The first-order valence-corrected chi connectivity index (χ1v) is 7.38. The molecule has 0 radical (unpaired) electrons. The molecule has 4 heteroatoms. The maximum absolute atomic E-state index is 11.4. The number of hydrogen-bond acceptors (Lipinski definition) is 3. The molecule has 0 saturated carbocycles. The Kier molecular flexibility index (Phi) is 4.66. The van der Waals surface area contributed by atoms with Crippen LogP contribution in [0.25, 0.3) is 0 Å². The Bertz CT molecular complexity index is 517. The minimum atomic E-state index is -0.184. The Morgan fingerprint density at radius 3 is 2.62 bits per heavy atom. The minimum absolute atomic E-state index is 0.0623. The Balaban J connectivity index is 2.09. The molecule has 0 bridgehead atoms. The molecule has 2 rings (SSSR count). The van der Waals surface area contributed by atoms with Crippen molar-refractivity contribution in [3.05, 3.63) is 35.9 Å². The Hall–Kier alpha value is -1.84. The van der Waals surface area contributed by atoms with E-state index in [0.717, 1.165) is 6.42 Å². The van der Waals surface area contributed by atoms with Crippen molar-refractivity contribution < 1.29 is 9.53 Å². The van der Waals surface area contributed by atoms with Crippen LogP contribution in [0.15, 0.2) is 35.3 Å². The van der Waals surface area contributed by atoms with Gasteiger partial charge in [0.05, 0.1) is 6.04 Å². The van der Waals surface area contributed by atoms with Crippen molar-refractivity contribution in [1.82, 2.24) is 5.32 Å². The van der Waals surface area contributed by atoms with E-state index in [1.807, 2.05) is 18.2 Å². The second kappa shape index (κ2) is 6.29. The van der Waals surface area contributed by atoms with Crippen LogP contribution in [0.4, 0.5) is 0 Å². The van der Waals surface area contributed by atoms with Crippen molar-refractivity contribution in [1.29, 1.82) is 0 Å². The number of nitrogens with zero attached hydrogens (tertiary/aromatic N) is 1. The minimum Gasteiger partial charge on any atom is -0.477 e. The highest BCUT2D eigenvalue weighted by Crippen LogP contribution is 2.24. The van der Waals surface area contributed by atoms with Crippen molar-refractivity contribution in [3.63, 3.8) is 0 Å². The smallest absolute Gasteiger partial charge is 0.217 e. The molecule has 1 aromatic rings. The third-order valence-corrected chi connectivity index (χ3v) is 3.51. The number of rotatable bonds is 4. The molecule has 1 N–H and O–H groups in total. The summed E-state index contributed by atoms with van der Waals surface area (Å²) in [5.41, 5.74) is 1.12. The SMILES string of the molecule is CC(=O)N[C@H](C1=N[C@H](Cc2ccccc2)CO1)C(C)(C)C. The summed E-state index contributed by atoms with van der Waals surface area (Å²) in [5, 5.41) is 2.95. The predicted octanol–water partition coefficient (Wildman–Crippen LogP) is 2.58. The van der Waals surface area contributed by atoms with Crippen molar-refractivity contribution in [2.45, 2.75) is 46.2 Å². The Morgan fingerprint density at radius 2 is 2.05 bits per heavy atom. The van der Waals surface area contributed by atoms with Gasteiger partial charge in [0.1, 0.15) is 12.6 Å².